The van der Waals surface area contributed by atoms with Gasteiger partial charge in [-0.15, -0.1) is 0 Å². The van der Waals surface area contributed by atoms with E-state index in [1.165, 1.54) is 69.1 Å². The van der Waals surface area contributed by atoms with Crippen molar-refractivity contribution in [3.63, 3.8) is 0 Å². The van der Waals surface area contributed by atoms with E-state index in [0.717, 1.165) is 36.2 Å². The van der Waals surface area contributed by atoms with Crippen LogP contribution >= 0.6 is 0 Å². The third kappa shape index (κ3) is 4.92. The smallest absolute Gasteiger partial charge is 0.166 e. The van der Waals surface area contributed by atoms with Crippen LogP contribution in [0.3, 0.4) is 0 Å². The molecule has 2 aliphatic carbocycles. The lowest BCUT2D eigenvalue weighted by Gasteiger charge is -2.35. The Balaban J connectivity index is 1.52. The second kappa shape index (κ2) is 8.63. The second-order valence-electron chi connectivity index (χ2n) is 8.26. The minimum Gasteiger partial charge on any atom is -0.166 e. The molecule has 2 aliphatic rings. The van der Waals surface area contributed by atoms with Crippen LogP contribution in [0.15, 0.2) is 30.3 Å². The van der Waals surface area contributed by atoms with Gasteiger partial charge in [-0.2, -0.15) is 13.2 Å². The lowest BCUT2D eigenvalue weighted by molar-refractivity contribution is -0.137. The Kier molecular flexibility index (Phi) is 6.47. The first-order valence-corrected chi connectivity index (χ1v) is 10.3. The van der Waals surface area contributed by atoms with Crippen LogP contribution in [0.4, 0.5) is 13.2 Å². The maximum absolute atomic E-state index is 12.7. The number of alkyl halides is 3. The van der Waals surface area contributed by atoms with Gasteiger partial charge in [-0.3, -0.25) is 0 Å². The summed E-state index contributed by atoms with van der Waals surface area (Å²) >= 11 is 0. The molecule has 26 heavy (non-hydrogen) atoms. The number of allylic oxidation sites excluding steroid dienone is 2. The Morgan fingerprint density at radius 3 is 2.15 bits per heavy atom. The highest BCUT2D eigenvalue weighted by atomic mass is 19.4. The van der Waals surface area contributed by atoms with Crippen molar-refractivity contribution in [2.45, 2.75) is 77.3 Å². The number of hydrogen-bond donors (Lipinski definition) is 0. The molecular weight excluding hydrogens is 333 g/mol. The molecule has 0 aromatic heterocycles. The average molecular weight is 364 g/mol. The van der Waals surface area contributed by atoms with E-state index in [2.05, 4.69) is 13.0 Å². The normalized spacial score (nSPS) is 27.2. The van der Waals surface area contributed by atoms with Crippen LogP contribution in [-0.4, -0.2) is 0 Å². The average Bonchev–Trinajstić information content (AvgIpc) is 2.66. The van der Waals surface area contributed by atoms with E-state index in [1.54, 1.807) is 12.1 Å². The zero-order chi connectivity index (χ0) is 18.6. The summed E-state index contributed by atoms with van der Waals surface area (Å²) < 4.78 is 38.1. The first kappa shape index (κ1) is 19.5. The maximum atomic E-state index is 12.7. The predicted molar refractivity (Wildman–Crippen MR) is 102 cm³/mol. The van der Waals surface area contributed by atoms with Gasteiger partial charge in [0.05, 0.1) is 5.56 Å². The first-order valence-electron chi connectivity index (χ1n) is 10.3. The third-order valence-corrected chi connectivity index (χ3v) is 6.56. The van der Waals surface area contributed by atoms with Crippen LogP contribution in [0.5, 0.6) is 0 Å². The third-order valence-electron chi connectivity index (χ3n) is 6.56. The van der Waals surface area contributed by atoms with Gasteiger partial charge in [0.15, 0.2) is 0 Å². The molecule has 0 amide bonds. The molecule has 0 radical (unpaired) electrons. The standard InChI is InChI=1S/C23H31F3/c1-2-3-4-17-5-7-18(8-6-17)19-9-11-20(12-10-19)21-13-15-22(16-14-21)23(24,25)26/h11,13-19H,2-10,12H2,1H3. The van der Waals surface area contributed by atoms with E-state index in [1.807, 2.05) is 0 Å². The van der Waals surface area contributed by atoms with Gasteiger partial charge in [0.1, 0.15) is 0 Å². The summed E-state index contributed by atoms with van der Waals surface area (Å²) in [6, 6.07) is 5.68. The minimum atomic E-state index is -4.25. The van der Waals surface area contributed by atoms with Crippen molar-refractivity contribution in [2.75, 3.05) is 0 Å². The monoisotopic (exact) mass is 364 g/mol. The molecule has 0 aliphatic heterocycles. The van der Waals surface area contributed by atoms with Crippen LogP contribution in [-0.2, 0) is 6.18 Å². The van der Waals surface area contributed by atoms with Crippen molar-refractivity contribution < 1.29 is 13.2 Å². The van der Waals surface area contributed by atoms with Gasteiger partial charge in [0.25, 0.3) is 0 Å². The van der Waals surface area contributed by atoms with Crippen molar-refractivity contribution in [1.82, 2.24) is 0 Å². The van der Waals surface area contributed by atoms with Crippen LogP contribution < -0.4 is 0 Å². The van der Waals surface area contributed by atoms with Crippen molar-refractivity contribution in [1.29, 1.82) is 0 Å². The highest BCUT2D eigenvalue weighted by Gasteiger charge is 2.31. The van der Waals surface area contributed by atoms with E-state index in [4.69, 9.17) is 0 Å². The molecule has 0 bridgehead atoms. The quantitative estimate of drug-likeness (QED) is 0.498. The van der Waals surface area contributed by atoms with Crippen molar-refractivity contribution in [3.8, 4) is 0 Å². The fourth-order valence-electron chi connectivity index (χ4n) is 4.86. The van der Waals surface area contributed by atoms with Crippen LogP contribution in [0.25, 0.3) is 5.57 Å². The van der Waals surface area contributed by atoms with Crippen molar-refractivity contribution in [2.24, 2.45) is 17.8 Å². The van der Waals surface area contributed by atoms with E-state index in [-0.39, 0.29) is 0 Å². The molecule has 0 heterocycles. The van der Waals surface area contributed by atoms with Crippen LogP contribution in [0.1, 0.15) is 82.3 Å². The molecule has 1 saturated carbocycles. The molecule has 1 aromatic carbocycles. The summed E-state index contributed by atoms with van der Waals surface area (Å²) in [4.78, 5) is 0. The summed E-state index contributed by atoms with van der Waals surface area (Å²) in [5.74, 6) is 2.59. The summed E-state index contributed by atoms with van der Waals surface area (Å²) in [5.41, 5.74) is 1.63. The van der Waals surface area contributed by atoms with Crippen LogP contribution in [0.2, 0.25) is 0 Å². The molecule has 3 heteroatoms. The molecule has 0 N–H and O–H groups in total. The Labute approximate surface area is 155 Å². The topological polar surface area (TPSA) is 0 Å². The maximum Gasteiger partial charge on any atom is 0.416 e. The lowest BCUT2D eigenvalue weighted by Crippen LogP contribution is -2.23. The molecule has 0 saturated heterocycles. The fraction of sp³-hybridized carbons (Fsp3) is 0.652. The predicted octanol–water partition coefficient (Wildman–Crippen LogP) is 7.89. The second-order valence-corrected chi connectivity index (χ2v) is 8.26. The minimum absolute atomic E-state index is 0.560. The number of hydrogen-bond acceptors (Lipinski definition) is 0. The van der Waals surface area contributed by atoms with Crippen molar-refractivity contribution in [3.05, 3.63) is 41.5 Å². The molecule has 0 nitrogen and oxygen atoms in total. The highest BCUT2D eigenvalue weighted by Crippen LogP contribution is 2.42. The highest BCUT2D eigenvalue weighted by molar-refractivity contribution is 5.66. The summed E-state index contributed by atoms with van der Waals surface area (Å²) in [5, 5.41) is 0. The summed E-state index contributed by atoms with van der Waals surface area (Å²) in [6.45, 7) is 2.27. The SMILES string of the molecule is CCCCC1CCC(C2CC=C(c3ccc(C(F)(F)F)cc3)CC2)CC1. The molecule has 1 atom stereocenters. The fourth-order valence-corrected chi connectivity index (χ4v) is 4.86. The molecule has 0 spiro atoms. The number of halogens is 3. The lowest BCUT2D eigenvalue weighted by atomic mass is 9.70. The van der Waals surface area contributed by atoms with Gasteiger partial charge in [0, 0.05) is 0 Å². The van der Waals surface area contributed by atoms with Crippen LogP contribution in [0, 0.1) is 17.8 Å². The largest absolute Gasteiger partial charge is 0.416 e. The molecule has 1 fully saturated rings. The Bertz CT molecular complexity index is 589. The molecule has 3 rings (SSSR count). The number of benzene rings is 1. The van der Waals surface area contributed by atoms with Gasteiger partial charge in [-0.1, -0.05) is 57.2 Å². The van der Waals surface area contributed by atoms with Gasteiger partial charge in [-0.25, -0.2) is 0 Å². The number of unbranched alkanes of at least 4 members (excludes halogenated alkanes) is 1. The van der Waals surface area contributed by atoms with E-state index in [0.29, 0.717) is 0 Å². The first-order chi connectivity index (χ1) is 12.5. The Morgan fingerprint density at radius 2 is 1.62 bits per heavy atom. The Morgan fingerprint density at radius 1 is 0.923 bits per heavy atom. The molecule has 1 aromatic rings. The molecule has 1 unspecified atom stereocenters. The molecular formula is C23H31F3. The molecule has 144 valence electrons. The van der Waals surface area contributed by atoms with E-state index >= 15 is 0 Å². The van der Waals surface area contributed by atoms with Gasteiger partial charge >= 0.3 is 6.18 Å². The van der Waals surface area contributed by atoms with Gasteiger partial charge in [-0.05, 0) is 73.1 Å². The van der Waals surface area contributed by atoms with Gasteiger partial charge in [0.2, 0.25) is 0 Å². The van der Waals surface area contributed by atoms with Gasteiger partial charge < -0.3 is 0 Å². The van der Waals surface area contributed by atoms with E-state index < -0.39 is 11.7 Å². The zero-order valence-corrected chi connectivity index (χ0v) is 15.8. The zero-order valence-electron chi connectivity index (χ0n) is 15.8. The summed E-state index contributed by atoms with van der Waals surface area (Å²) in [6.07, 6.45) is 11.0. The van der Waals surface area contributed by atoms with E-state index in [9.17, 15) is 13.2 Å². The number of rotatable bonds is 5. The Hall–Kier alpha value is -1.25. The summed E-state index contributed by atoms with van der Waals surface area (Å²) in [7, 11) is 0. The van der Waals surface area contributed by atoms with Crippen molar-refractivity contribution >= 4 is 5.57 Å².